The van der Waals surface area contributed by atoms with E-state index in [-0.39, 0.29) is 23.9 Å². The van der Waals surface area contributed by atoms with Crippen molar-refractivity contribution in [3.8, 4) is 0 Å². The van der Waals surface area contributed by atoms with E-state index in [0.717, 1.165) is 0 Å². The molecule has 1 unspecified atom stereocenters. The summed E-state index contributed by atoms with van der Waals surface area (Å²) < 4.78 is 83.2. The molecule has 1 atom stereocenters. The number of allylic oxidation sites excluding steroid dienone is 1. The topological polar surface area (TPSA) is 67.4 Å². The predicted octanol–water partition coefficient (Wildman–Crippen LogP) is 3.92. The Labute approximate surface area is 149 Å². The van der Waals surface area contributed by atoms with Crippen molar-refractivity contribution in [2.24, 2.45) is 0 Å². The van der Waals surface area contributed by atoms with Crippen LogP contribution in [0.3, 0.4) is 0 Å². The molecule has 5 nitrogen and oxygen atoms in total. The normalized spacial score (nSPS) is 18.1. The van der Waals surface area contributed by atoms with Gasteiger partial charge in [-0.25, -0.2) is 9.59 Å². The second-order valence-electron chi connectivity index (χ2n) is 5.63. The van der Waals surface area contributed by atoms with Gasteiger partial charge in [0.1, 0.15) is 0 Å². The molecular weight excluding hydrogens is 382 g/mol. The van der Waals surface area contributed by atoms with Crippen LogP contribution >= 0.6 is 0 Å². The van der Waals surface area contributed by atoms with E-state index < -0.39 is 47.1 Å². The van der Waals surface area contributed by atoms with Gasteiger partial charge in [0.2, 0.25) is 0 Å². The van der Waals surface area contributed by atoms with Gasteiger partial charge < -0.3 is 15.4 Å². The molecule has 1 aliphatic rings. The fourth-order valence-corrected chi connectivity index (χ4v) is 2.57. The maximum atomic E-state index is 13.1. The number of benzene rings is 1. The fourth-order valence-electron chi connectivity index (χ4n) is 2.57. The van der Waals surface area contributed by atoms with E-state index in [1.807, 2.05) is 0 Å². The number of nitrogens with one attached hydrogen (secondary N) is 2. The molecule has 2 amide bonds. The van der Waals surface area contributed by atoms with Crippen molar-refractivity contribution in [3.63, 3.8) is 0 Å². The van der Waals surface area contributed by atoms with Crippen molar-refractivity contribution in [1.82, 2.24) is 10.6 Å². The van der Waals surface area contributed by atoms with Crippen LogP contribution in [0.15, 0.2) is 29.5 Å². The Balaban J connectivity index is 2.67. The highest BCUT2D eigenvalue weighted by molar-refractivity contribution is 5.95. The minimum atomic E-state index is -5.06. The van der Waals surface area contributed by atoms with Crippen molar-refractivity contribution < 1.29 is 40.7 Å². The second-order valence-corrected chi connectivity index (χ2v) is 5.63. The summed E-state index contributed by atoms with van der Waals surface area (Å²) in [5.41, 5.74) is -3.98. The Morgan fingerprint density at radius 1 is 1.07 bits per heavy atom. The van der Waals surface area contributed by atoms with E-state index in [9.17, 15) is 35.9 Å². The standard InChI is InChI=1S/C16H14F6N2O3/c1-3-27-13(25)11-7(2)23-14(26)24-12(11)8-4-9(15(17,18)19)6-10(5-8)16(20,21)22/h4-6,12H,3H2,1-2H3,(H2,23,24,26). The number of halogens is 6. The summed E-state index contributed by atoms with van der Waals surface area (Å²) in [4.78, 5) is 23.8. The molecule has 27 heavy (non-hydrogen) atoms. The lowest BCUT2D eigenvalue weighted by Gasteiger charge is -2.29. The molecule has 0 saturated carbocycles. The number of carbonyl (C=O) groups is 2. The zero-order valence-corrected chi connectivity index (χ0v) is 14.0. The number of alkyl halides is 6. The Morgan fingerprint density at radius 3 is 2.04 bits per heavy atom. The molecule has 148 valence electrons. The summed E-state index contributed by atoms with van der Waals surface area (Å²) in [6, 6.07) is -1.54. The Hall–Kier alpha value is -2.72. The van der Waals surface area contributed by atoms with E-state index >= 15 is 0 Å². The monoisotopic (exact) mass is 396 g/mol. The van der Waals surface area contributed by atoms with E-state index in [1.165, 1.54) is 13.8 Å². The van der Waals surface area contributed by atoms with Crippen LogP contribution in [0.5, 0.6) is 0 Å². The first-order valence-electron chi connectivity index (χ1n) is 7.59. The quantitative estimate of drug-likeness (QED) is 0.601. The van der Waals surface area contributed by atoms with Crippen molar-refractivity contribution >= 4 is 12.0 Å². The predicted molar refractivity (Wildman–Crippen MR) is 80.2 cm³/mol. The van der Waals surface area contributed by atoms with Gasteiger partial charge in [-0.3, -0.25) is 0 Å². The Morgan fingerprint density at radius 2 is 1.59 bits per heavy atom. The van der Waals surface area contributed by atoms with Gasteiger partial charge in [-0.2, -0.15) is 26.3 Å². The van der Waals surface area contributed by atoms with Gasteiger partial charge >= 0.3 is 24.4 Å². The van der Waals surface area contributed by atoms with Gasteiger partial charge in [0.25, 0.3) is 0 Å². The lowest BCUT2D eigenvalue weighted by atomic mass is 9.92. The second kappa shape index (κ2) is 7.12. The highest BCUT2D eigenvalue weighted by Gasteiger charge is 2.39. The summed E-state index contributed by atoms with van der Waals surface area (Å²) >= 11 is 0. The number of ether oxygens (including phenoxy) is 1. The number of amides is 2. The summed E-state index contributed by atoms with van der Waals surface area (Å²) in [6.07, 6.45) is -10.1. The van der Waals surface area contributed by atoms with Gasteiger partial charge in [0, 0.05) is 5.70 Å². The number of esters is 1. The number of hydrogen-bond donors (Lipinski definition) is 2. The van der Waals surface area contributed by atoms with Gasteiger partial charge in [-0.1, -0.05) is 0 Å². The summed E-state index contributed by atoms with van der Waals surface area (Å²) in [5.74, 6) is -0.974. The molecule has 0 fully saturated rings. The minimum absolute atomic E-state index is 0.0341. The molecule has 0 bridgehead atoms. The minimum Gasteiger partial charge on any atom is -0.463 e. The van der Waals surface area contributed by atoms with Gasteiger partial charge in [0.15, 0.2) is 0 Å². The van der Waals surface area contributed by atoms with Crippen LogP contribution in [0.25, 0.3) is 0 Å². The zero-order chi connectivity index (χ0) is 20.6. The molecule has 11 heteroatoms. The fraction of sp³-hybridized carbons (Fsp3) is 0.375. The number of rotatable bonds is 3. The molecule has 1 aliphatic heterocycles. The van der Waals surface area contributed by atoms with E-state index in [2.05, 4.69) is 10.6 Å². The molecule has 0 aromatic heterocycles. The highest BCUT2D eigenvalue weighted by atomic mass is 19.4. The molecule has 1 aromatic carbocycles. The van der Waals surface area contributed by atoms with E-state index in [4.69, 9.17) is 4.74 Å². The average molecular weight is 396 g/mol. The molecule has 1 aromatic rings. The van der Waals surface area contributed by atoms with Crippen molar-refractivity contribution in [3.05, 3.63) is 46.2 Å². The first-order chi connectivity index (χ1) is 12.3. The zero-order valence-electron chi connectivity index (χ0n) is 14.0. The Bertz CT molecular complexity index is 766. The average Bonchev–Trinajstić information content (AvgIpc) is 2.52. The molecule has 2 rings (SSSR count). The lowest BCUT2D eigenvalue weighted by molar-refractivity contribution is -0.143. The van der Waals surface area contributed by atoms with Crippen LogP contribution in [0.1, 0.15) is 36.6 Å². The molecule has 0 saturated heterocycles. The molecular formula is C16H14F6N2O3. The molecule has 1 heterocycles. The van der Waals surface area contributed by atoms with Gasteiger partial charge in [0.05, 0.1) is 29.3 Å². The third kappa shape index (κ3) is 4.52. The number of hydrogen-bond acceptors (Lipinski definition) is 3. The smallest absolute Gasteiger partial charge is 0.416 e. The maximum Gasteiger partial charge on any atom is 0.416 e. The van der Waals surface area contributed by atoms with Crippen LogP contribution in [0.4, 0.5) is 31.1 Å². The van der Waals surface area contributed by atoms with Crippen LogP contribution in [0.2, 0.25) is 0 Å². The van der Waals surface area contributed by atoms with Crippen molar-refractivity contribution in [1.29, 1.82) is 0 Å². The van der Waals surface area contributed by atoms with Gasteiger partial charge in [-0.15, -0.1) is 0 Å². The molecule has 0 spiro atoms. The summed E-state index contributed by atoms with van der Waals surface area (Å²) in [6.45, 7) is 2.69. The third-order valence-electron chi connectivity index (χ3n) is 3.71. The number of urea groups is 1. The van der Waals surface area contributed by atoms with Crippen LogP contribution in [-0.2, 0) is 21.9 Å². The van der Waals surface area contributed by atoms with Crippen LogP contribution in [-0.4, -0.2) is 18.6 Å². The van der Waals surface area contributed by atoms with Crippen LogP contribution in [0, 0.1) is 0 Å². The summed E-state index contributed by atoms with van der Waals surface area (Å²) in [7, 11) is 0. The first-order valence-corrected chi connectivity index (χ1v) is 7.59. The Kier molecular flexibility index (Phi) is 5.43. The van der Waals surface area contributed by atoms with Crippen molar-refractivity contribution in [2.45, 2.75) is 32.2 Å². The van der Waals surface area contributed by atoms with Gasteiger partial charge in [-0.05, 0) is 37.6 Å². The van der Waals surface area contributed by atoms with Crippen molar-refractivity contribution in [2.75, 3.05) is 6.61 Å². The lowest BCUT2D eigenvalue weighted by Crippen LogP contribution is -2.45. The highest BCUT2D eigenvalue weighted by Crippen LogP contribution is 2.39. The largest absolute Gasteiger partial charge is 0.463 e. The molecule has 0 radical (unpaired) electrons. The van der Waals surface area contributed by atoms with E-state index in [1.54, 1.807) is 0 Å². The third-order valence-corrected chi connectivity index (χ3v) is 3.71. The first kappa shape index (κ1) is 20.6. The SMILES string of the molecule is CCOC(=O)C1=C(C)NC(=O)NC1c1cc(C(F)(F)F)cc(C(F)(F)F)c1. The maximum absolute atomic E-state index is 13.1. The van der Waals surface area contributed by atoms with Crippen LogP contribution < -0.4 is 10.6 Å². The molecule has 0 aliphatic carbocycles. The molecule has 2 N–H and O–H groups in total. The summed E-state index contributed by atoms with van der Waals surface area (Å²) in [5, 5.41) is 4.41. The number of carbonyl (C=O) groups excluding carboxylic acids is 2. The van der Waals surface area contributed by atoms with E-state index in [0.29, 0.717) is 12.1 Å².